The lowest BCUT2D eigenvalue weighted by Crippen LogP contribution is -2.20. The zero-order valence-electron chi connectivity index (χ0n) is 11.7. The van der Waals surface area contributed by atoms with Gasteiger partial charge in [0.25, 0.3) is 0 Å². The molecule has 102 valence electrons. The molecule has 0 spiro atoms. The highest BCUT2D eigenvalue weighted by Crippen LogP contribution is 2.25. The smallest absolute Gasteiger partial charge is 0.136 e. The molecule has 1 fully saturated rings. The van der Waals surface area contributed by atoms with Gasteiger partial charge in [-0.3, -0.25) is 4.79 Å². The van der Waals surface area contributed by atoms with Gasteiger partial charge in [-0.2, -0.15) is 0 Å². The highest BCUT2D eigenvalue weighted by molar-refractivity contribution is 5.81. The van der Waals surface area contributed by atoms with Gasteiger partial charge in [0, 0.05) is 12.3 Å². The molecule has 1 aliphatic rings. The quantitative estimate of drug-likeness (QED) is 0.788. The SMILES string of the molecule is O=C1CCCC[C@H]1Cc1ccc(-c2ccccc2)cc1. The Balaban J connectivity index is 1.72. The van der Waals surface area contributed by atoms with Crippen molar-refractivity contribution in [3.63, 3.8) is 0 Å². The standard InChI is InChI=1S/C19H20O/c20-19-9-5-4-8-18(19)14-15-10-12-17(13-11-15)16-6-2-1-3-7-16/h1-3,6-7,10-13,18H,4-5,8-9,14H2/t18-/m0/s1. The highest BCUT2D eigenvalue weighted by Gasteiger charge is 2.22. The van der Waals surface area contributed by atoms with E-state index < -0.39 is 0 Å². The summed E-state index contributed by atoms with van der Waals surface area (Å²) < 4.78 is 0. The van der Waals surface area contributed by atoms with Crippen LogP contribution in [0.25, 0.3) is 11.1 Å². The number of hydrogen-bond donors (Lipinski definition) is 0. The number of rotatable bonds is 3. The first-order chi connectivity index (χ1) is 9.83. The van der Waals surface area contributed by atoms with Crippen molar-refractivity contribution in [2.45, 2.75) is 32.1 Å². The molecule has 2 aromatic rings. The minimum atomic E-state index is 0.256. The number of hydrogen-bond acceptors (Lipinski definition) is 1. The molecule has 1 aliphatic carbocycles. The molecule has 0 saturated heterocycles. The van der Waals surface area contributed by atoms with Crippen LogP contribution in [0, 0.1) is 5.92 Å². The van der Waals surface area contributed by atoms with Crippen LogP contribution in [0.5, 0.6) is 0 Å². The zero-order valence-corrected chi connectivity index (χ0v) is 11.7. The average Bonchev–Trinajstić information content (AvgIpc) is 2.51. The van der Waals surface area contributed by atoms with Crippen LogP contribution < -0.4 is 0 Å². The lowest BCUT2D eigenvalue weighted by atomic mass is 9.83. The van der Waals surface area contributed by atoms with Crippen molar-refractivity contribution < 1.29 is 4.79 Å². The second-order valence-electron chi connectivity index (χ2n) is 5.68. The van der Waals surface area contributed by atoms with Crippen LogP contribution in [0.4, 0.5) is 0 Å². The minimum Gasteiger partial charge on any atom is -0.299 e. The lowest BCUT2D eigenvalue weighted by molar-refractivity contribution is -0.124. The molecule has 1 nitrogen and oxygen atoms in total. The molecular formula is C19H20O. The Morgan fingerprint density at radius 2 is 1.55 bits per heavy atom. The van der Waals surface area contributed by atoms with E-state index in [1.165, 1.54) is 23.1 Å². The summed E-state index contributed by atoms with van der Waals surface area (Å²) >= 11 is 0. The molecule has 0 unspecified atom stereocenters. The van der Waals surface area contributed by atoms with Gasteiger partial charge in [0.05, 0.1) is 0 Å². The summed E-state index contributed by atoms with van der Waals surface area (Å²) in [6.45, 7) is 0. The van der Waals surface area contributed by atoms with E-state index in [0.29, 0.717) is 5.78 Å². The Kier molecular flexibility index (Phi) is 3.96. The van der Waals surface area contributed by atoms with Crippen LogP contribution in [-0.4, -0.2) is 5.78 Å². The molecule has 0 aromatic heterocycles. The zero-order chi connectivity index (χ0) is 13.8. The largest absolute Gasteiger partial charge is 0.299 e. The van der Waals surface area contributed by atoms with Gasteiger partial charge in [0.2, 0.25) is 0 Å². The topological polar surface area (TPSA) is 17.1 Å². The summed E-state index contributed by atoms with van der Waals surface area (Å²) in [6, 6.07) is 19.1. The number of benzene rings is 2. The van der Waals surface area contributed by atoms with Crippen molar-refractivity contribution in [3.8, 4) is 11.1 Å². The number of Topliss-reactive ketones (excluding diaryl/α,β-unsaturated/α-hetero) is 1. The van der Waals surface area contributed by atoms with Gasteiger partial charge in [-0.05, 0) is 36.0 Å². The van der Waals surface area contributed by atoms with Crippen molar-refractivity contribution in [3.05, 3.63) is 60.2 Å². The van der Waals surface area contributed by atoms with Crippen molar-refractivity contribution >= 4 is 5.78 Å². The second-order valence-corrected chi connectivity index (χ2v) is 5.68. The molecule has 0 amide bonds. The lowest BCUT2D eigenvalue weighted by Gasteiger charge is -2.20. The van der Waals surface area contributed by atoms with Crippen molar-refractivity contribution in [2.75, 3.05) is 0 Å². The molecule has 1 heteroatoms. The first-order valence-electron chi connectivity index (χ1n) is 7.50. The van der Waals surface area contributed by atoms with E-state index in [1.54, 1.807) is 0 Å². The van der Waals surface area contributed by atoms with Crippen molar-refractivity contribution in [1.29, 1.82) is 0 Å². The summed E-state index contributed by atoms with van der Waals surface area (Å²) in [4.78, 5) is 11.9. The van der Waals surface area contributed by atoms with Gasteiger partial charge in [0.15, 0.2) is 0 Å². The Labute approximate surface area is 120 Å². The normalized spacial score (nSPS) is 19.0. The van der Waals surface area contributed by atoms with Crippen LogP contribution in [0.3, 0.4) is 0 Å². The molecule has 0 heterocycles. The average molecular weight is 264 g/mol. The molecule has 0 N–H and O–H groups in total. The minimum absolute atomic E-state index is 0.256. The predicted octanol–water partition coefficient (Wildman–Crippen LogP) is 4.66. The van der Waals surface area contributed by atoms with Crippen LogP contribution in [-0.2, 0) is 11.2 Å². The summed E-state index contributed by atoms with van der Waals surface area (Å²) in [5.74, 6) is 0.717. The van der Waals surface area contributed by atoms with Gasteiger partial charge in [-0.25, -0.2) is 0 Å². The Hall–Kier alpha value is -1.89. The van der Waals surface area contributed by atoms with E-state index in [1.807, 2.05) is 6.07 Å². The van der Waals surface area contributed by atoms with E-state index in [4.69, 9.17) is 0 Å². The first kappa shape index (κ1) is 13.1. The molecule has 1 saturated carbocycles. The second kappa shape index (κ2) is 6.04. The van der Waals surface area contributed by atoms with E-state index in [2.05, 4.69) is 48.5 Å². The summed E-state index contributed by atoms with van der Waals surface area (Å²) in [5, 5.41) is 0. The third-order valence-electron chi connectivity index (χ3n) is 4.22. The third kappa shape index (κ3) is 2.98. The van der Waals surface area contributed by atoms with Gasteiger partial charge < -0.3 is 0 Å². The molecule has 20 heavy (non-hydrogen) atoms. The Morgan fingerprint density at radius 3 is 2.25 bits per heavy atom. The Bertz CT molecular complexity index is 568. The maximum atomic E-state index is 11.9. The molecule has 1 atom stereocenters. The van der Waals surface area contributed by atoms with E-state index >= 15 is 0 Å². The summed E-state index contributed by atoms with van der Waals surface area (Å²) in [7, 11) is 0. The molecular weight excluding hydrogens is 244 g/mol. The summed E-state index contributed by atoms with van der Waals surface area (Å²) in [6.07, 6.45) is 5.06. The molecule has 0 bridgehead atoms. The van der Waals surface area contributed by atoms with Gasteiger partial charge in [0.1, 0.15) is 5.78 Å². The molecule has 0 aliphatic heterocycles. The van der Waals surface area contributed by atoms with Gasteiger partial charge in [-0.1, -0.05) is 61.0 Å². The van der Waals surface area contributed by atoms with E-state index in [0.717, 1.165) is 25.7 Å². The molecule has 0 radical (unpaired) electrons. The van der Waals surface area contributed by atoms with E-state index in [-0.39, 0.29) is 5.92 Å². The molecule has 3 rings (SSSR count). The predicted molar refractivity (Wildman–Crippen MR) is 82.5 cm³/mol. The summed E-state index contributed by atoms with van der Waals surface area (Å²) in [5.41, 5.74) is 3.77. The van der Waals surface area contributed by atoms with Crippen LogP contribution in [0.2, 0.25) is 0 Å². The number of ketones is 1. The maximum absolute atomic E-state index is 11.9. The van der Waals surface area contributed by atoms with Crippen LogP contribution in [0.1, 0.15) is 31.2 Å². The Morgan fingerprint density at radius 1 is 0.850 bits per heavy atom. The van der Waals surface area contributed by atoms with E-state index in [9.17, 15) is 4.79 Å². The monoisotopic (exact) mass is 264 g/mol. The fourth-order valence-corrected chi connectivity index (χ4v) is 3.02. The fourth-order valence-electron chi connectivity index (χ4n) is 3.02. The van der Waals surface area contributed by atoms with Gasteiger partial charge in [-0.15, -0.1) is 0 Å². The van der Waals surface area contributed by atoms with Gasteiger partial charge >= 0.3 is 0 Å². The molecule has 2 aromatic carbocycles. The van der Waals surface area contributed by atoms with Crippen LogP contribution in [0.15, 0.2) is 54.6 Å². The van der Waals surface area contributed by atoms with Crippen LogP contribution >= 0.6 is 0 Å². The first-order valence-corrected chi connectivity index (χ1v) is 7.50. The number of carbonyl (C=O) groups excluding carboxylic acids is 1. The third-order valence-corrected chi connectivity index (χ3v) is 4.22. The van der Waals surface area contributed by atoms with Crippen molar-refractivity contribution in [2.24, 2.45) is 5.92 Å². The fraction of sp³-hybridized carbons (Fsp3) is 0.316. The maximum Gasteiger partial charge on any atom is 0.136 e. The highest BCUT2D eigenvalue weighted by atomic mass is 16.1. The number of carbonyl (C=O) groups is 1. The van der Waals surface area contributed by atoms with Crippen molar-refractivity contribution in [1.82, 2.24) is 0 Å².